The second kappa shape index (κ2) is 13.7. The van der Waals surface area contributed by atoms with Crippen LogP contribution >= 0.6 is 0 Å². The van der Waals surface area contributed by atoms with E-state index in [0.717, 1.165) is 61.4 Å². The monoisotopic (exact) mass is 789 g/mol. The predicted molar refractivity (Wildman–Crippen MR) is 261 cm³/mol. The quantitative estimate of drug-likeness (QED) is 0.124. The minimum absolute atomic E-state index is 0.0123. The van der Waals surface area contributed by atoms with E-state index in [1.54, 1.807) is 0 Å². The first kappa shape index (κ1) is 34.8. The normalized spacial score (nSPS) is 12.0. The van der Waals surface area contributed by atoms with Gasteiger partial charge >= 0.3 is 0 Å². The zero-order valence-electron chi connectivity index (χ0n) is 33.6. The van der Waals surface area contributed by atoms with Gasteiger partial charge in [-0.25, -0.2) is 0 Å². The van der Waals surface area contributed by atoms with Crippen molar-refractivity contribution in [2.45, 2.75) is 0 Å². The van der Waals surface area contributed by atoms with Crippen LogP contribution in [0.4, 0.5) is 17.1 Å². The fourth-order valence-corrected chi connectivity index (χ4v) is 10.2. The third-order valence-electron chi connectivity index (χ3n) is 12.9. The van der Waals surface area contributed by atoms with Gasteiger partial charge in [0, 0.05) is 44.9 Å². The minimum atomic E-state index is 0.0123. The number of hydrogen-bond acceptors (Lipinski definition) is 3. The van der Waals surface area contributed by atoms with Gasteiger partial charge in [-0.2, -0.15) is 0 Å². The molecule has 0 saturated carbocycles. The average molecular weight is 790 g/mol. The van der Waals surface area contributed by atoms with Gasteiger partial charge in [0.15, 0.2) is 0 Å². The van der Waals surface area contributed by atoms with E-state index in [2.05, 4.69) is 211 Å². The number of para-hydroxylation sites is 2. The van der Waals surface area contributed by atoms with Crippen molar-refractivity contribution >= 4 is 105 Å². The molecule has 1 aromatic heterocycles. The third-order valence-corrected chi connectivity index (χ3v) is 12.9. The van der Waals surface area contributed by atoms with Gasteiger partial charge in [-0.05, 0) is 104 Å². The highest BCUT2D eigenvalue weighted by Gasteiger charge is 2.29. The van der Waals surface area contributed by atoms with Crippen LogP contribution in [0.15, 0.2) is 223 Å². The van der Waals surface area contributed by atoms with Gasteiger partial charge in [-0.3, -0.25) is 0 Å². The van der Waals surface area contributed by atoms with Crippen LogP contribution in [0.1, 0.15) is 0 Å². The van der Waals surface area contributed by atoms with Gasteiger partial charge < -0.3 is 14.1 Å². The molecule has 0 saturated heterocycles. The number of rotatable bonds is 6. The number of nitrogens with zero attached hydrogens (tertiary/aromatic N) is 1. The fraction of sp³-hybridized carbons (Fsp3) is 0. The lowest BCUT2D eigenvalue weighted by atomic mass is 9.35. The van der Waals surface area contributed by atoms with E-state index in [0.29, 0.717) is 0 Å². The Morgan fingerprint density at radius 2 is 0.984 bits per heavy atom. The Bertz CT molecular complexity index is 3740. The highest BCUT2D eigenvalue weighted by atomic mass is 16.5. The molecular weight excluding hydrogens is 753 g/mol. The summed E-state index contributed by atoms with van der Waals surface area (Å²) in [4.78, 5) is 2.30. The van der Waals surface area contributed by atoms with Crippen molar-refractivity contribution in [3.63, 3.8) is 0 Å². The molecule has 0 N–H and O–H groups in total. The van der Waals surface area contributed by atoms with Crippen LogP contribution < -0.4 is 26.0 Å². The highest BCUT2D eigenvalue weighted by Crippen LogP contribution is 2.51. The van der Waals surface area contributed by atoms with Crippen molar-refractivity contribution in [2.24, 2.45) is 0 Å². The lowest BCUT2D eigenvalue weighted by Crippen LogP contribution is -2.52. The Hall–Kier alpha value is -8.08. The van der Waals surface area contributed by atoms with Crippen molar-refractivity contribution in [1.29, 1.82) is 0 Å². The van der Waals surface area contributed by atoms with Crippen LogP contribution in [0.3, 0.4) is 0 Å². The molecule has 11 aromatic carbocycles. The molecule has 62 heavy (non-hydrogen) atoms. The molecule has 0 unspecified atom stereocenters. The van der Waals surface area contributed by atoms with E-state index in [1.165, 1.54) is 59.7 Å². The van der Waals surface area contributed by atoms with E-state index >= 15 is 0 Å². The SMILES string of the molecule is c1ccc(B(c2cccc3ccccc23)c2cc3c4cccc5c4c(cc3c3ccccc23)-c2ccc(N(c3ccccc3)c3ccc4oc6ccccc6c4c3)cc2O5)cc1. The van der Waals surface area contributed by atoms with Crippen LogP contribution in [0.2, 0.25) is 0 Å². The molecule has 2 heterocycles. The number of ether oxygens (including phenoxy) is 1. The summed E-state index contributed by atoms with van der Waals surface area (Å²) >= 11 is 0. The molecule has 0 aliphatic carbocycles. The predicted octanol–water partition coefficient (Wildman–Crippen LogP) is 14.0. The molecule has 3 nitrogen and oxygen atoms in total. The van der Waals surface area contributed by atoms with Crippen molar-refractivity contribution in [3.8, 4) is 22.6 Å². The molecule has 0 atom stereocenters. The Morgan fingerprint density at radius 1 is 0.339 bits per heavy atom. The van der Waals surface area contributed by atoms with Crippen LogP contribution in [-0.2, 0) is 0 Å². The molecule has 0 amide bonds. The smallest absolute Gasteiger partial charge is 0.242 e. The maximum atomic E-state index is 6.99. The number of fused-ring (bicyclic) bond motifs is 10. The molecule has 12 aromatic rings. The van der Waals surface area contributed by atoms with E-state index < -0.39 is 0 Å². The first-order chi connectivity index (χ1) is 30.7. The second-order valence-electron chi connectivity index (χ2n) is 16.4. The summed E-state index contributed by atoms with van der Waals surface area (Å²) in [7, 11) is 0. The van der Waals surface area contributed by atoms with Crippen molar-refractivity contribution in [2.75, 3.05) is 4.90 Å². The Balaban J connectivity index is 1.01. The lowest BCUT2D eigenvalue weighted by molar-refractivity contribution is 0.487. The van der Waals surface area contributed by atoms with Crippen LogP contribution in [-0.4, -0.2) is 6.71 Å². The molecular formula is C58H36BNO2. The average Bonchev–Trinajstić information content (AvgIpc) is 3.71. The Kier molecular flexibility index (Phi) is 7.70. The summed E-state index contributed by atoms with van der Waals surface area (Å²) in [5.41, 5.74) is 11.0. The van der Waals surface area contributed by atoms with Gasteiger partial charge in [0.25, 0.3) is 0 Å². The van der Waals surface area contributed by atoms with Gasteiger partial charge in [0.05, 0.1) is 0 Å². The fourth-order valence-electron chi connectivity index (χ4n) is 10.2. The number of anilines is 3. The van der Waals surface area contributed by atoms with Crippen molar-refractivity contribution in [3.05, 3.63) is 218 Å². The maximum Gasteiger partial charge on any atom is 0.242 e. The van der Waals surface area contributed by atoms with Gasteiger partial charge in [-0.15, -0.1) is 0 Å². The van der Waals surface area contributed by atoms with E-state index in [1.807, 2.05) is 12.1 Å². The van der Waals surface area contributed by atoms with E-state index in [4.69, 9.17) is 9.15 Å². The molecule has 0 bridgehead atoms. The number of furan rings is 1. The second-order valence-corrected chi connectivity index (χ2v) is 16.4. The Morgan fingerprint density at radius 3 is 1.85 bits per heavy atom. The van der Waals surface area contributed by atoms with Crippen molar-refractivity contribution < 1.29 is 9.15 Å². The summed E-state index contributed by atoms with van der Waals surface area (Å²) in [5.74, 6) is 1.70. The summed E-state index contributed by atoms with van der Waals surface area (Å²) in [6.45, 7) is 0.0123. The standard InChI is InChI=1S/C58H36BNO2/c1-3-17-38(18-4-1)59(52-26-13-16-37-15-7-8-21-42(37)52)53-36-49-47-25-14-28-56-58(47)51(35-48(49)43-22-9-10-23-44(43)53)46-31-29-41(34-57(46)62-56)60(39-19-5-2-6-20-39)40-30-32-55-50(33-40)45-24-11-12-27-54(45)61-55/h1-36H. The lowest BCUT2D eigenvalue weighted by Gasteiger charge is -2.28. The van der Waals surface area contributed by atoms with Gasteiger partial charge in [0.2, 0.25) is 6.71 Å². The van der Waals surface area contributed by atoms with Crippen LogP contribution in [0.25, 0.3) is 76.2 Å². The largest absolute Gasteiger partial charge is 0.456 e. The molecule has 0 fully saturated rings. The molecule has 288 valence electrons. The molecule has 4 heteroatoms. The Labute approximate surface area is 358 Å². The van der Waals surface area contributed by atoms with Gasteiger partial charge in [0.1, 0.15) is 22.7 Å². The van der Waals surface area contributed by atoms with Crippen LogP contribution in [0, 0.1) is 0 Å². The summed E-state index contributed by atoms with van der Waals surface area (Å²) in [5, 5.41) is 12.0. The van der Waals surface area contributed by atoms with E-state index in [-0.39, 0.29) is 6.71 Å². The third kappa shape index (κ3) is 5.33. The molecule has 13 rings (SSSR count). The molecule has 0 spiro atoms. The zero-order valence-corrected chi connectivity index (χ0v) is 33.6. The summed E-state index contributed by atoms with van der Waals surface area (Å²) in [6, 6.07) is 78.8. The van der Waals surface area contributed by atoms with Gasteiger partial charge in [-0.1, -0.05) is 168 Å². The summed E-state index contributed by atoms with van der Waals surface area (Å²) in [6.07, 6.45) is 0. The highest BCUT2D eigenvalue weighted by molar-refractivity contribution is 6.98. The molecule has 1 aliphatic heterocycles. The zero-order chi connectivity index (χ0) is 40.7. The minimum Gasteiger partial charge on any atom is -0.456 e. The molecule has 0 radical (unpaired) electrons. The molecule has 1 aliphatic rings. The summed E-state index contributed by atoms with van der Waals surface area (Å²) < 4.78 is 13.2. The van der Waals surface area contributed by atoms with Crippen LogP contribution in [0.5, 0.6) is 11.5 Å². The topological polar surface area (TPSA) is 25.6 Å². The number of hydrogen-bond donors (Lipinski definition) is 0. The number of benzene rings is 11. The first-order valence-corrected chi connectivity index (χ1v) is 21.3. The maximum absolute atomic E-state index is 6.99. The van der Waals surface area contributed by atoms with Crippen molar-refractivity contribution in [1.82, 2.24) is 0 Å². The first-order valence-electron chi connectivity index (χ1n) is 21.3. The van der Waals surface area contributed by atoms with E-state index in [9.17, 15) is 0 Å².